The van der Waals surface area contributed by atoms with Crippen LogP contribution in [0.2, 0.25) is 0 Å². The van der Waals surface area contributed by atoms with Crippen LogP contribution in [0.4, 0.5) is 0 Å². The summed E-state index contributed by atoms with van der Waals surface area (Å²) in [5.74, 6) is -2.49. The molecule has 0 fully saturated rings. The summed E-state index contributed by atoms with van der Waals surface area (Å²) in [6.07, 6.45) is 0. The lowest BCUT2D eigenvalue weighted by molar-refractivity contribution is 0.0432. The molecule has 2 rings (SSSR count). The van der Waals surface area contributed by atoms with E-state index in [-0.39, 0.29) is 24.3 Å². The number of ether oxygens (including phenoxy) is 3. The quantitative estimate of drug-likeness (QED) is 0.545. The number of carboxylic acids is 1. The maximum Gasteiger partial charge on any atom is 0.338 e. The first-order valence-corrected chi connectivity index (χ1v) is 8.22. The molecule has 2 aromatic carbocycles. The van der Waals surface area contributed by atoms with E-state index in [1.807, 2.05) is 0 Å². The standard InChI is InChI=1S/C10H10O5.C10H10O4/c11-5-6-15-10(14)8-3-1-7(2-4-8)9(12)13;1-13-9(11)7-3-5-8(6-4-7)10(12)14-2/h1-4,11H,5-6H2,(H,12,13);3-6H,1-2H3. The number of benzene rings is 2. The summed E-state index contributed by atoms with van der Waals surface area (Å²) in [5, 5.41) is 17.0. The normalized spacial score (nSPS) is 9.48. The van der Waals surface area contributed by atoms with Gasteiger partial charge in [0.05, 0.1) is 43.1 Å². The van der Waals surface area contributed by atoms with E-state index in [1.165, 1.54) is 62.8 Å². The van der Waals surface area contributed by atoms with Gasteiger partial charge < -0.3 is 24.4 Å². The second kappa shape index (κ2) is 11.9. The molecule has 0 aliphatic carbocycles. The number of rotatable bonds is 6. The number of carbonyl (C=O) groups excluding carboxylic acids is 3. The van der Waals surface area contributed by atoms with Gasteiger partial charge in [-0.2, -0.15) is 0 Å². The van der Waals surface area contributed by atoms with Gasteiger partial charge in [-0.05, 0) is 48.5 Å². The highest BCUT2D eigenvalue weighted by Gasteiger charge is 2.09. The van der Waals surface area contributed by atoms with Crippen LogP contribution in [0.5, 0.6) is 0 Å². The van der Waals surface area contributed by atoms with Crippen molar-refractivity contribution >= 4 is 23.9 Å². The molecule has 0 radical (unpaired) electrons. The van der Waals surface area contributed by atoms with Crippen LogP contribution in [-0.4, -0.2) is 61.5 Å². The number of hydrogen-bond acceptors (Lipinski definition) is 8. The van der Waals surface area contributed by atoms with Gasteiger partial charge in [0.2, 0.25) is 0 Å². The molecular weight excluding hydrogens is 384 g/mol. The Kier molecular flexibility index (Phi) is 9.55. The van der Waals surface area contributed by atoms with Gasteiger partial charge in [0, 0.05) is 0 Å². The summed E-state index contributed by atoms with van der Waals surface area (Å²) in [5.41, 5.74) is 1.17. The molecule has 154 valence electrons. The lowest BCUT2D eigenvalue weighted by Gasteiger charge is -2.02. The third-order valence-electron chi connectivity index (χ3n) is 3.42. The Bertz CT molecular complexity index is 804. The first-order chi connectivity index (χ1) is 13.8. The average molecular weight is 404 g/mol. The molecule has 0 spiro atoms. The second-order valence-electron chi connectivity index (χ2n) is 5.30. The van der Waals surface area contributed by atoms with Gasteiger partial charge in [0.25, 0.3) is 0 Å². The van der Waals surface area contributed by atoms with Gasteiger partial charge in [0.1, 0.15) is 6.61 Å². The number of hydrogen-bond donors (Lipinski definition) is 2. The summed E-state index contributed by atoms with van der Waals surface area (Å²) >= 11 is 0. The van der Waals surface area contributed by atoms with Crippen LogP contribution in [0.1, 0.15) is 41.4 Å². The highest BCUT2D eigenvalue weighted by Crippen LogP contribution is 2.07. The molecule has 0 amide bonds. The Morgan fingerprint density at radius 2 is 1.03 bits per heavy atom. The summed E-state index contributed by atoms with van der Waals surface area (Å²) in [6.45, 7) is -0.307. The third-order valence-corrected chi connectivity index (χ3v) is 3.42. The van der Waals surface area contributed by atoms with Crippen LogP contribution in [-0.2, 0) is 14.2 Å². The monoisotopic (exact) mass is 404 g/mol. The van der Waals surface area contributed by atoms with Crippen LogP contribution in [0.25, 0.3) is 0 Å². The van der Waals surface area contributed by atoms with Gasteiger partial charge in [-0.3, -0.25) is 0 Å². The zero-order chi connectivity index (χ0) is 21.8. The molecule has 2 N–H and O–H groups in total. The number of carboxylic acid groups (broad SMARTS) is 1. The van der Waals surface area contributed by atoms with E-state index in [9.17, 15) is 19.2 Å². The van der Waals surface area contributed by atoms with Gasteiger partial charge in [-0.1, -0.05) is 0 Å². The van der Waals surface area contributed by atoms with Crippen LogP contribution < -0.4 is 0 Å². The number of aromatic carboxylic acids is 1. The van der Waals surface area contributed by atoms with E-state index in [1.54, 1.807) is 0 Å². The van der Waals surface area contributed by atoms with E-state index in [4.69, 9.17) is 10.2 Å². The number of methoxy groups -OCH3 is 2. The van der Waals surface area contributed by atoms with Crippen molar-refractivity contribution in [3.8, 4) is 0 Å². The Balaban J connectivity index is 0.000000291. The fourth-order valence-electron chi connectivity index (χ4n) is 1.95. The highest BCUT2D eigenvalue weighted by molar-refractivity contribution is 5.93. The summed E-state index contributed by atoms with van der Waals surface area (Å²) in [7, 11) is 2.60. The lowest BCUT2D eigenvalue weighted by Crippen LogP contribution is -2.09. The highest BCUT2D eigenvalue weighted by atomic mass is 16.5. The maximum atomic E-state index is 11.2. The molecule has 0 saturated carbocycles. The molecule has 0 atom stereocenters. The van der Waals surface area contributed by atoms with Crippen molar-refractivity contribution in [2.24, 2.45) is 0 Å². The summed E-state index contributed by atoms with van der Waals surface area (Å²) in [6, 6.07) is 11.4. The van der Waals surface area contributed by atoms with Crippen molar-refractivity contribution in [2.75, 3.05) is 27.4 Å². The van der Waals surface area contributed by atoms with Crippen molar-refractivity contribution in [2.45, 2.75) is 0 Å². The van der Waals surface area contributed by atoms with Gasteiger partial charge in [0.15, 0.2) is 0 Å². The fraction of sp³-hybridized carbons (Fsp3) is 0.200. The Morgan fingerprint density at radius 3 is 1.34 bits per heavy atom. The summed E-state index contributed by atoms with van der Waals surface area (Å²) in [4.78, 5) is 43.8. The van der Waals surface area contributed by atoms with E-state index < -0.39 is 23.9 Å². The number of aliphatic hydroxyl groups excluding tert-OH is 1. The number of carbonyl (C=O) groups is 4. The van der Waals surface area contributed by atoms with Crippen LogP contribution in [0.15, 0.2) is 48.5 Å². The third kappa shape index (κ3) is 7.43. The van der Waals surface area contributed by atoms with E-state index in [0.717, 1.165) is 0 Å². The number of aliphatic hydroxyl groups is 1. The molecule has 0 aliphatic rings. The van der Waals surface area contributed by atoms with Crippen LogP contribution in [0.3, 0.4) is 0 Å². The predicted molar refractivity (Wildman–Crippen MR) is 99.9 cm³/mol. The molecule has 9 heteroatoms. The molecule has 0 aliphatic heterocycles. The van der Waals surface area contributed by atoms with Crippen LogP contribution in [0, 0.1) is 0 Å². The van der Waals surface area contributed by atoms with Gasteiger partial charge >= 0.3 is 23.9 Å². The Hall–Kier alpha value is -3.72. The van der Waals surface area contributed by atoms with Crippen molar-refractivity contribution in [3.05, 3.63) is 70.8 Å². The predicted octanol–water partition coefficient (Wildman–Crippen LogP) is 1.79. The zero-order valence-corrected chi connectivity index (χ0v) is 15.8. The minimum absolute atomic E-state index is 0.0699. The second-order valence-corrected chi connectivity index (χ2v) is 5.30. The molecule has 0 heterocycles. The van der Waals surface area contributed by atoms with Gasteiger partial charge in [-0.25, -0.2) is 19.2 Å². The largest absolute Gasteiger partial charge is 0.478 e. The van der Waals surface area contributed by atoms with Gasteiger partial charge in [-0.15, -0.1) is 0 Å². The first-order valence-electron chi connectivity index (χ1n) is 8.22. The maximum absolute atomic E-state index is 11.2. The SMILES string of the molecule is COC(=O)c1ccc(C(=O)OC)cc1.O=C(O)c1ccc(C(=O)OCCO)cc1. The Labute approximate surface area is 166 Å². The molecule has 0 aromatic heterocycles. The van der Waals surface area contributed by atoms with E-state index in [0.29, 0.717) is 11.1 Å². The molecule has 29 heavy (non-hydrogen) atoms. The van der Waals surface area contributed by atoms with Crippen molar-refractivity contribution in [1.82, 2.24) is 0 Å². The van der Waals surface area contributed by atoms with E-state index in [2.05, 4.69) is 14.2 Å². The average Bonchev–Trinajstić information content (AvgIpc) is 2.76. The minimum Gasteiger partial charge on any atom is -0.478 e. The smallest absolute Gasteiger partial charge is 0.338 e. The fourth-order valence-corrected chi connectivity index (χ4v) is 1.95. The van der Waals surface area contributed by atoms with E-state index >= 15 is 0 Å². The molecular formula is C20H20O9. The topological polar surface area (TPSA) is 136 Å². The number of esters is 3. The van der Waals surface area contributed by atoms with Crippen molar-refractivity contribution in [1.29, 1.82) is 0 Å². The molecule has 2 aromatic rings. The van der Waals surface area contributed by atoms with Crippen molar-refractivity contribution in [3.63, 3.8) is 0 Å². The minimum atomic E-state index is -1.05. The zero-order valence-electron chi connectivity index (χ0n) is 15.8. The van der Waals surface area contributed by atoms with Crippen molar-refractivity contribution < 1.29 is 43.6 Å². The lowest BCUT2D eigenvalue weighted by atomic mass is 10.1. The molecule has 0 saturated heterocycles. The van der Waals surface area contributed by atoms with Crippen LogP contribution >= 0.6 is 0 Å². The molecule has 0 unspecified atom stereocenters. The molecule has 0 bridgehead atoms. The Morgan fingerprint density at radius 1 is 0.690 bits per heavy atom. The molecule has 9 nitrogen and oxygen atoms in total. The first kappa shape index (κ1) is 23.3. The summed E-state index contributed by atoms with van der Waals surface area (Å²) < 4.78 is 13.7.